The summed E-state index contributed by atoms with van der Waals surface area (Å²) in [5, 5.41) is 13.4. The Morgan fingerprint density at radius 1 is 1.19 bits per heavy atom. The molecule has 2 N–H and O–H groups in total. The van der Waals surface area contributed by atoms with Gasteiger partial charge in [-0.3, -0.25) is 0 Å². The number of nitrogens with zero attached hydrogens (tertiary/aromatic N) is 1. The molecule has 1 aromatic rings. The van der Waals surface area contributed by atoms with E-state index in [-0.39, 0.29) is 12.6 Å². The minimum Gasteiger partial charge on any atom is -0.394 e. The monoisotopic (exact) mass is 288 g/mol. The summed E-state index contributed by atoms with van der Waals surface area (Å²) in [6.45, 7) is 4.46. The molecule has 0 radical (unpaired) electrons. The second-order valence-electron chi connectivity index (χ2n) is 6.67. The van der Waals surface area contributed by atoms with Gasteiger partial charge < -0.3 is 15.3 Å². The van der Waals surface area contributed by atoms with Crippen LogP contribution in [0, 0.1) is 6.92 Å². The van der Waals surface area contributed by atoms with Gasteiger partial charge in [-0.05, 0) is 44.2 Å². The molecule has 2 aliphatic rings. The maximum atomic E-state index is 9.76. The third-order valence-corrected chi connectivity index (χ3v) is 4.79. The van der Waals surface area contributed by atoms with Crippen molar-refractivity contribution in [1.29, 1.82) is 0 Å². The van der Waals surface area contributed by atoms with Crippen molar-refractivity contribution in [3.8, 4) is 0 Å². The summed E-state index contributed by atoms with van der Waals surface area (Å²) in [5.41, 5.74) is 4.04. The molecule has 1 atom stereocenters. The first-order valence-corrected chi connectivity index (χ1v) is 8.48. The molecule has 0 spiro atoms. The van der Waals surface area contributed by atoms with Gasteiger partial charge in [0.2, 0.25) is 0 Å². The number of hydrogen-bond acceptors (Lipinski definition) is 3. The molecule has 21 heavy (non-hydrogen) atoms. The van der Waals surface area contributed by atoms with Crippen molar-refractivity contribution in [2.45, 2.75) is 64.1 Å². The summed E-state index contributed by atoms with van der Waals surface area (Å²) in [4.78, 5) is 2.45. The predicted molar refractivity (Wildman–Crippen MR) is 87.7 cm³/mol. The molecule has 1 heterocycles. The van der Waals surface area contributed by atoms with E-state index in [1.54, 1.807) is 0 Å². The molecular weight excluding hydrogens is 260 g/mol. The quantitative estimate of drug-likeness (QED) is 0.874. The van der Waals surface area contributed by atoms with Crippen molar-refractivity contribution >= 4 is 5.69 Å². The van der Waals surface area contributed by atoms with Gasteiger partial charge in [0.05, 0.1) is 12.6 Å². The Hall–Kier alpha value is -1.06. The largest absolute Gasteiger partial charge is 0.394 e. The van der Waals surface area contributed by atoms with Gasteiger partial charge in [-0.25, -0.2) is 0 Å². The van der Waals surface area contributed by atoms with E-state index in [9.17, 15) is 5.11 Å². The molecular formula is C18H28N2O. The molecule has 3 nitrogen and oxygen atoms in total. The number of aliphatic hydroxyl groups excluding tert-OH is 1. The fraction of sp³-hybridized carbons (Fsp3) is 0.667. The zero-order valence-electron chi connectivity index (χ0n) is 13.1. The van der Waals surface area contributed by atoms with Crippen LogP contribution in [0.3, 0.4) is 0 Å². The van der Waals surface area contributed by atoms with Gasteiger partial charge in [-0.15, -0.1) is 0 Å². The summed E-state index contributed by atoms with van der Waals surface area (Å²) >= 11 is 0. The fourth-order valence-corrected chi connectivity index (χ4v) is 3.36. The van der Waals surface area contributed by atoms with E-state index in [0.717, 1.165) is 25.6 Å². The number of rotatable bonds is 5. The van der Waals surface area contributed by atoms with Crippen LogP contribution in [0.5, 0.6) is 0 Å². The van der Waals surface area contributed by atoms with Gasteiger partial charge >= 0.3 is 0 Å². The first-order valence-electron chi connectivity index (χ1n) is 8.48. The minimum absolute atomic E-state index is 0.267. The molecule has 0 bridgehead atoms. The van der Waals surface area contributed by atoms with Crippen LogP contribution in [0.4, 0.5) is 5.69 Å². The Bertz CT molecular complexity index is 470. The average molecular weight is 288 g/mol. The Labute approximate surface area is 128 Å². The van der Waals surface area contributed by atoms with Crippen molar-refractivity contribution in [2.24, 2.45) is 0 Å². The van der Waals surface area contributed by atoms with Gasteiger partial charge in [0.15, 0.2) is 0 Å². The van der Waals surface area contributed by atoms with Crippen LogP contribution >= 0.6 is 0 Å². The third-order valence-electron chi connectivity index (χ3n) is 4.79. The van der Waals surface area contributed by atoms with Gasteiger partial charge in [0.1, 0.15) is 0 Å². The molecule has 1 aromatic carbocycles. The number of nitrogens with one attached hydrogen (secondary N) is 1. The lowest BCUT2D eigenvalue weighted by Gasteiger charge is -2.33. The Balaban J connectivity index is 1.83. The predicted octanol–water partition coefficient (Wildman–Crippen LogP) is 2.99. The maximum absolute atomic E-state index is 9.76. The van der Waals surface area contributed by atoms with E-state index in [1.807, 2.05) is 0 Å². The van der Waals surface area contributed by atoms with Gasteiger partial charge in [-0.2, -0.15) is 0 Å². The number of benzene rings is 1. The number of hydrogen-bond donors (Lipinski definition) is 2. The molecule has 0 amide bonds. The number of anilines is 1. The van der Waals surface area contributed by atoms with Crippen LogP contribution in [-0.2, 0) is 6.54 Å². The van der Waals surface area contributed by atoms with Gasteiger partial charge in [0.25, 0.3) is 0 Å². The zero-order valence-corrected chi connectivity index (χ0v) is 13.1. The lowest BCUT2D eigenvalue weighted by molar-refractivity contribution is 0.255. The Kier molecular flexibility index (Phi) is 4.81. The molecule has 1 aliphatic heterocycles. The molecule has 3 heteroatoms. The van der Waals surface area contributed by atoms with Crippen molar-refractivity contribution in [1.82, 2.24) is 5.32 Å². The lowest BCUT2D eigenvalue weighted by atomic mass is 10.1. The lowest BCUT2D eigenvalue weighted by Crippen LogP contribution is -2.38. The van der Waals surface area contributed by atoms with Crippen molar-refractivity contribution in [3.05, 3.63) is 29.3 Å². The fourth-order valence-electron chi connectivity index (χ4n) is 3.36. The normalized spacial score (nSPS) is 23.1. The SMILES string of the molecule is Cc1ccc(N2CCCCCC2CO)c(CNC2CC2)c1. The van der Waals surface area contributed by atoms with E-state index in [2.05, 4.69) is 35.3 Å². The highest BCUT2D eigenvalue weighted by atomic mass is 16.3. The summed E-state index contributed by atoms with van der Waals surface area (Å²) in [7, 11) is 0. The summed E-state index contributed by atoms with van der Waals surface area (Å²) in [6.07, 6.45) is 7.52. The van der Waals surface area contributed by atoms with Crippen molar-refractivity contribution in [2.75, 3.05) is 18.1 Å². The number of aliphatic hydroxyl groups is 1. The van der Waals surface area contributed by atoms with E-state index >= 15 is 0 Å². The molecule has 116 valence electrons. The van der Waals surface area contributed by atoms with Gasteiger partial charge in [-0.1, -0.05) is 30.5 Å². The first-order chi connectivity index (χ1) is 10.3. The summed E-state index contributed by atoms with van der Waals surface area (Å²) in [6, 6.07) is 7.79. The molecule has 1 aliphatic carbocycles. The van der Waals surface area contributed by atoms with Crippen molar-refractivity contribution in [3.63, 3.8) is 0 Å². The van der Waals surface area contributed by atoms with Crippen LogP contribution in [0.2, 0.25) is 0 Å². The highest BCUT2D eigenvalue weighted by Gasteiger charge is 2.24. The molecule has 1 unspecified atom stereocenters. The highest BCUT2D eigenvalue weighted by molar-refractivity contribution is 5.56. The van der Waals surface area contributed by atoms with Crippen molar-refractivity contribution < 1.29 is 5.11 Å². The second-order valence-corrected chi connectivity index (χ2v) is 6.67. The van der Waals surface area contributed by atoms with Crippen LogP contribution < -0.4 is 10.2 Å². The van der Waals surface area contributed by atoms with Crippen LogP contribution in [0.25, 0.3) is 0 Å². The molecule has 2 fully saturated rings. The number of aryl methyl sites for hydroxylation is 1. The molecule has 1 saturated carbocycles. The van der Waals surface area contributed by atoms with Gasteiger partial charge in [0, 0.05) is 24.8 Å². The maximum Gasteiger partial charge on any atom is 0.0635 e. The second kappa shape index (κ2) is 6.80. The zero-order chi connectivity index (χ0) is 14.7. The van der Waals surface area contributed by atoms with Crippen LogP contribution in [0.1, 0.15) is 49.7 Å². The Morgan fingerprint density at radius 3 is 2.81 bits per heavy atom. The summed E-state index contributed by atoms with van der Waals surface area (Å²) in [5.74, 6) is 0. The van der Waals surface area contributed by atoms with E-state index < -0.39 is 0 Å². The minimum atomic E-state index is 0.267. The molecule has 3 rings (SSSR count). The Morgan fingerprint density at radius 2 is 2.05 bits per heavy atom. The average Bonchev–Trinajstić information content (AvgIpc) is 3.32. The molecule has 1 saturated heterocycles. The van der Waals surface area contributed by atoms with E-state index in [1.165, 1.54) is 48.9 Å². The highest BCUT2D eigenvalue weighted by Crippen LogP contribution is 2.29. The first kappa shape index (κ1) is 14.9. The van der Waals surface area contributed by atoms with E-state index in [0.29, 0.717) is 0 Å². The summed E-state index contributed by atoms with van der Waals surface area (Å²) < 4.78 is 0. The molecule has 0 aromatic heterocycles. The third kappa shape index (κ3) is 3.78. The van der Waals surface area contributed by atoms with E-state index in [4.69, 9.17) is 0 Å². The van der Waals surface area contributed by atoms with Crippen LogP contribution in [-0.4, -0.2) is 30.3 Å². The smallest absolute Gasteiger partial charge is 0.0635 e. The standard InChI is InChI=1S/C18H28N2O/c1-14-6-9-18(15(11-14)12-19-16-7-8-16)20-10-4-2-3-5-17(20)13-21/h6,9,11,16-17,19,21H,2-5,7-8,10,12-13H2,1H3. The van der Waals surface area contributed by atoms with Crippen LogP contribution in [0.15, 0.2) is 18.2 Å². The topological polar surface area (TPSA) is 35.5 Å².